The van der Waals surface area contributed by atoms with E-state index in [-0.39, 0.29) is 0 Å². The molecule has 7 heteroatoms. The van der Waals surface area contributed by atoms with Crippen LogP contribution in [0.5, 0.6) is 0 Å². The topological polar surface area (TPSA) is 80.2 Å². The Hall–Kier alpha value is -1.82. The van der Waals surface area contributed by atoms with E-state index in [0.29, 0.717) is 13.0 Å². The molecule has 0 aliphatic heterocycles. The first-order valence-electron chi connectivity index (χ1n) is 12.4. The zero-order chi connectivity index (χ0) is 24.6. The van der Waals surface area contributed by atoms with Gasteiger partial charge in [-0.1, -0.05) is 12.1 Å². The van der Waals surface area contributed by atoms with Crippen molar-refractivity contribution in [1.82, 2.24) is 9.97 Å². The van der Waals surface area contributed by atoms with Gasteiger partial charge in [0, 0.05) is 35.8 Å². The summed E-state index contributed by atoms with van der Waals surface area (Å²) in [5.41, 5.74) is 7.85. The molecule has 0 radical (unpaired) electrons. The molecule has 0 saturated heterocycles. The van der Waals surface area contributed by atoms with Crippen molar-refractivity contribution in [3.63, 3.8) is 0 Å². The van der Waals surface area contributed by atoms with E-state index in [1.807, 2.05) is 0 Å². The Morgan fingerprint density at radius 2 is 1.26 bits per heavy atom. The Morgan fingerprint density at radius 3 is 1.74 bits per heavy atom. The molecule has 4 rings (SSSR count). The van der Waals surface area contributed by atoms with E-state index < -0.39 is 4.70 Å². The number of aliphatic hydroxyl groups is 1. The second kappa shape index (κ2) is 16.7. The highest BCUT2D eigenvalue weighted by Crippen LogP contribution is 2.21. The number of pyridine rings is 2. The summed E-state index contributed by atoms with van der Waals surface area (Å²) in [5, 5.41) is 8.72. The van der Waals surface area contributed by atoms with Gasteiger partial charge in [0.05, 0.1) is 0 Å². The first kappa shape index (κ1) is 28.4. The summed E-state index contributed by atoms with van der Waals surface area (Å²) in [6.07, 6.45) is 16.3. The fraction of sp³-hybridized carbons (Fsp3) is 0.556. The number of nitrogens with zero attached hydrogens (tertiary/aromatic N) is 2. The quantitative estimate of drug-likeness (QED) is 0.256. The molecule has 0 fully saturated rings. The first-order chi connectivity index (χ1) is 16.5. The normalized spacial score (nSPS) is 13.9. The summed E-state index contributed by atoms with van der Waals surface area (Å²) in [5.74, 6) is 0. The predicted molar refractivity (Wildman–Crippen MR) is 138 cm³/mol. The summed E-state index contributed by atoms with van der Waals surface area (Å²) in [7, 11) is 0. The van der Waals surface area contributed by atoms with Crippen molar-refractivity contribution in [2.24, 2.45) is 0 Å². The summed E-state index contributed by atoms with van der Waals surface area (Å²) in [6, 6.07) is 8.74. The van der Waals surface area contributed by atoms with Gasteiger partial charge >= 0.3 is 4.70 Å². The molecule has 0 unspecified atom stereocenters. The fourth-order valence-corrected chi connectivity index (χ4v) is 4.32. The minimum absolute atomic E-state index is 0.297. The Bertz CT molecular complexity index is 901. The van der Waals surface area contributed by atoms with Crippen molar-refractivity contribution < 1.29 is 14.7 Å². The van der Waals surface area contributed by atoms with Crippen LogP contribution in [0.4, 0.5) is 4.79 Å². The summed E-state index contributed by atoms with van der Waals surface area (Å²) in [4.78, 5) is 28.6. The molecule has 2 aromatic heterocycles. The zero-order valence-electron chi connectivity index (χ0n) is 19.9. The Morgan fingerprint density at radius 1 is 0.794 bits per heavy atom. The molecule has 0 bridgehead atoms. The molecule has 2 aromatic rings. The van der Waals surface area contributed by atoms with Gasteiger partial charge < -0.3 is 9.90 Å². The summed E-state index contributed by atoms with van der Waals surface area (Å²) >= 11 is 8.80. The van der Waals surface area contributed by atoms with E-state index in [1.165, 1.54) is 66.7 Å². The largest absolute Gasteiger partial charge is 0.396 e. The summed E-state index contributed by atoms with van der Waals surface area (Å²) in [6.45, 7) is 0.297. The van der Waals surface area contributed by atoms with Crippen LogP contribution in [0.1, 0.15) is 85.3 Å². The average Bonchev–Trinajstić information content (AvgIpc) is 2.84. The third-order valence-corrected chi connectivity index (χ3v) is 6.07. The van der Waals surface area contributed by atoms with Gasteiger partial charge in [-0.2, -0.15) is 0 Å². The van der Waals surface area contributed by atoms with Crippen LogP contribution in [-0.2, 0) is 43.3 Å². The number of unbranched alkanes of at least 4 members (excludes halogenated alkanes) is 2. The van der Waals surface area contributed by atoms with Gasteiger partial charge in [0.1, 0.15) is 6.29 Å². The highest BCUT2D eigenvalue weighted by Gasteiger charge is 2.11. The highest BCUT2D eigenvalue weighted by atomic mass is 35.5. The van der Waals surface area contributed by atoms with Crippen LogP contribution in [0, 0.1) is 0 Å². The molecule has 2 heterocycles. The monoisotopic (exact) mass is 506 g/mol. The van der Waals surface area contributed by atoms with E-state index >= 15 is 0 Å². The number of hydrogen-bond donors (Lipinski definition) is 1. The predicted octanol–water partition coefficient (Wildman–Crippen LogP) is 6.34. The Labute approximate surface area is 213 Å². The van der Waals surface area contributed by atoms with Crippen molar-refractivity contribution in [1.29, 1.82) is 0 Å². The number of halogens is 2. The molecule has 0 atom stereocenters. The number of aromatic nitrogens is 2. The van der Waals surface area contributed by atoms with Crippen LogP contribution < -0.4 is 0 Å². The number of aldehydes is 1. The van der Waals surface area contributed by atoms with E-state index in [1.54, 1.807) is 0 Å². The molecule has 5 nitrogen and oxygen atoms in total. The lowest BCUT2D eigenvalue weighted by molar-refractivity contribution is -0.107. The molecule has 2 aliphatic rings. The Balaban J connectivity index is 0.000000208. The standard InChI is InChI=1S/C13H19NO.C13H17NO.CCl2O/c2*15-10-4-3-6-12-9-8-11-5-1-2-7-13(11)14-12;2-1(3)4/h8-9,15H,1-7,10H2;8-10H,1-7H2;. The fourth-order valence-electron chi connectivity index (χ4n) is 4.32. The number of fused-ring (bicyclic) bond motifs is 2. The molecule has 0 amide bonds. The molecule has 34 heavy (non-hydrogen) atoms. The molecule has 2 aliphatic carbocycles. The van der Waals surface area contributed by atoms with Gasteiger partial charge in [0.2, 0.25) is 0 Å². The van der Waals surface area contributed by atoms with Gasteiger partial charge in [0.25, 0.3) is 0 Å². The van der Waals surface area contributed by atoms with Gasteiger partial charge in [-0.05, 0) is 130 Å². The van der Waals surface area contributed by atoms with E-state index in [9.17, 15) is 4.79 Å². The number of aryl methyl sites for hydroxylation is 6. The maximum absolute atomic E-state index is 10.2. The maximum Gasteiger partial charge on any atom is 0.313 e. The van der Waals surface area contributed by atoms with Crippen LogP contribution in [0.15, 0.2) is 24.3 Å². The van der Waals surface area contributed by atoms with Gasteiger partial charge in [0.15, 0.2) is 0 Å². The molecule has 0 spiro atoms. The van der Waals surface area contributed by atoms with E-state index in [2.05, 4.69) is 52.5 Å². The maximum atomic E-state index is 10.2. The third-order valence-electron chi connectivity index (χ3n) is 6.07. The number of aliphatic hydroxyl groups excluding tert-OH is 1. The number of carbonyl (C=O) groups excluding carboxylic acids is 2. The van der Waals surface area contributed by atoms with Gasteiger partial charge in [-0.25, -0.2) is 0 Å². The van der Waals surface area contributed by atoms with Crippen molar-refractivity contribution in [3.05, 3.63) is 58.2 Å². The van der Waals surface area contributed by atoms with Gasteiger partial charge in [-0.3, -0.25) is 14.8 Å². The van der Waals surface area contributed by atoms with Crippen molar-refractivity contribution in [2.75, 3.05) is 6.61 Å². The molecular weight excluding hydrogens is 471 g/mol. The first-order valence-corrected chi connectivity index (χ1v) is 13.1. The van der Waals surface area contributed by atoms with Crippen LogP contribution >= 0.6 is 23.2 Å². The highest BCUT2D eigenvalue weighted by molar-refractivity contribution is 6.93. The number of carbonyl (C=O) groups is 2. The van der Waals surface area contributed by atoms with Crippen LogP contribution in [0.3, 0.4) is 0 Å². The summed E-state index contributed by atoms with van der Waals surface area (Å²) < 4.78 is -0.889. The number of rotatable bonds is 8. The molecule has 1 N–H and O–H groups in total. The minimum Gasteiger partial charge on any atom is -0.396 e. The van der Waals surface area contributed by atoms with E-state index in [0.717, 1.165) is 56.9 Å². The Kier molecular flexibility index (Phi) is 14.0. The molecular formula is C27H36Cl2N2O3. The molecule has 0 saturated carbocycles. The van der Waals surface area contributed by atoms with Crippen molar-refractivity contribution in [3.8, 4) is 0 Å². The number of hydrogen-bond acceptors (Lipinski definition) is 5. The zero-order valence-corrected chi connectivity index (χ0v) is 21.4. The van der Waals surface area contributed by atoms with E-state index in [4.69, 9.17) is 14.9 Å². The smallest absolute Gasteiger partial charge is 0.313 e. The molecule has 186 valence electrons. The van der Waals surface area contributed by atoms with Crippen molar-refractivity contribution in [2.45, 2.75) is 89.9 Å². The lowest BCUT2D eigenvalue weighted by Gasteiger charge is -2.15. The van der Waals surface area contributed by atoms with Gasteiger partial charge in [-0.15, -0.1) is 0 Å². The van der Waals surface area contributed by atoms with Crippen LogP contribution in [0.2, 0.25) is 0 Å². The lowest BCUT2D eigenvalue weighted by Crippen LogP contribution is -2.07. The van der Waals surface area contributed by atoms with Crippen LogP contribution in [-0.4, -0.2) is 32.7 Å². The average molecular weight is 508 g/mol. The van der Waals surface area contributed by atoms with Crippen LogP contribution in [0.25, 0.3) is 0 Å². The second-order valence-corrected chi connectivity index (χ2v) is 9.58. The SMILES string of the molecule is O=C(Cl)Cl.O=CCCCc1ccc2c(n1)CCCC2.OCCCCc1ccc2c(n1)CCCC2. The third kappa shape index (κ3) is 11.1. The van der Waals surface area contributed by atoms with Crippen molar-refractivity contribution >= 4 is 34.2 Å². The lowest BCUT2D eigenvalue weighted by atomic mass is 9.95. The minimum atomic E-state index is -0.889. The molecule has 0 aromatic carbocycles. The second-order valence-electron chi connectivity index (χ2n) is 8.70.